The summed E-state index contributed by atoms with van der Waals surface area (Å²) in [6, 6.07) is 15.0. The molecule has 2 aromatic carbocycles. The molecule has 0 aliphatic carbocycles. The van der Waals surface area contributed by atoms with E-state index in [0.29, 0.717) is 16.3 Å². The molecule has 4 heteroatoms. The molecule has 0 aliphatic rings. The second-order valence-corrected chi connectivity index (χ2v) is 4.66. The van der Waals surface area contributed by atoms with Crippen molar-refractivity contribution < 1.29 is 4.74 Å². The minimum Gasteiger partial charge on any atom is -0.485 e. The van der Waals surface area contributed by atoms with E-state index in [4.69, 9.17) is 27.5 Å². The molecule has 19 heavy (non-hydrogen) atoms. The van der Waals surface area contributed by atoms with Crippen LogP contribution in [0.1, 0.15) is 24.2 Å². The molecule has 98 valence electrons. The maximum Gasteiger partial charge on any atom is 0.131 e. The van der Waals surface area contributed by atoms with E-state index in [9.17, 15) is 0 Å². The summed E-state index contributed by atoms with van der Waals surface area (Å²) in [4.78, 5) is 0. The number of nitrogen functional groups attached to an aromatic ring is 1. The van der Waals surface area contributed by atoms with E-state index in [0.717, 1.165) is 5.56 Å². The monoisotopic (exact) mass is 274 g/mol. The number of nitrogens with one attached hydrogen (secondary N) is 1. The van der Waals surface area contributed by atoms with Gasteiger partial charge in [-0.05, 0) is 30.7 Å². The Balaban J connectivity index is 2.26. The molecular formula is C15H15ClN2O. The van der Waals surface area contributed by atoms with E-state index in [-0.39, 0.29) is 11.9 Å². The molecule has 2 aromatic rings. The number of nitrogens with two attached hydrogens (primary N) is 1. The van der Waals surface area contributed by atoms with Crippen molar-refractivity contribution >= 4 is 17.4 Å². The Morgan fingerprint density at radius 3 is 2.53 bits per heavy atom. The topological polar surface area (TPSA) is 59.1 Å². The van der Waals surface area contributed by atoms with Crippen LogP contribution in [0.4, 0.5) is 0 Å². The lowest BCUT2D eigenvalue weighted by Crippen LogP contribution is -2.14. The van der Waals surface area contributed by atoms with Crippen molar-refractivity contribution in [3.63, 3.8) is 0 Å². The van der Waals surface area contributed by atoms with Crippen molar-refractivity contribution in [1.82, 2.24) is 0 Å². The number of rotatable bonds is 4. The van der Waals surface area contributed by atoms with Gasteiger partial charge in [0.25, 0.3) is 0 Å². The van der Waals surface area contributed by atoms with Crippen LogP contribution in [0, 0.1) is 5.41 Å². The van der Waals surface area contributed by atoms with E-state index < -0.39 is 0 Å². The van der Waals surface area contributed by atoms with Gasteiger partial charge in [-0.1, -0.05) is 41.9 Å². The number of hydrogen-bond acceptors (Lipinski definition) is 2. The molecule has 0 radical (unpaired) electrons. The standard InChI is InChI=1S/C15H15ClN2O/c1-10(11-5-3-2-4-6-11)19-14-8-7-12(16)9-13(14)15(17)18/h2-10H,1H3,(H3,17,18). The average Bonchev–Trinajstić information content (AvgIpc) is 2.41. The Labute approximate surface area is 117 Å². The second-order valence-electron chi connectivity index (χ2n) is 4.22. The van der Waals surface area contributed by atoms with Gasteiger partial charge in [-0.25, -0.2) is 0 Å². The number of amidine groups is 1. The quantitative estimate of drug-likeness (QED) is 0.659. The van der Waals surface area contributed by atoms with Crippen LogP contribution in [-0.4, -0.2) is 5.84 Å². The molecule has 1 unspecified atom stereocenters. The lowest BCUT2D eigenvalue weighted by atomic mass is 10.1. The molecule has 3 N–H and O–H groups in total. The summed E-state index contributed by atoms with van der Waals surface area (Å²) in [5, 5.41) is 8.09. The first-order chi connectivity index (χ1) is 9.08. The fourth-order valence-corrected chi connectivity index (χ4v) is 1.97. The molecule has 0 heterocycles. The molecular weight excluding hydrogens is 260 g/mol. The van der Waals surface area contributed by atoms with Crippen LogP contribution in [0.25, 0.3) is 0 Å². The predicted octanol–water partition coefficient (Wildman–Crippen LogP) is 3.76. The lowest BCUT2D eigenvalue weighted by molar-refractivity contribution is 0.226. The third kappa shape index (κ3) is 3.26. The zero-order chi connectivity index (χ0) is 13.8. The molecule has 0 amide bonds. The van der Waals surface area contributed by atoms with Crippen molar-refractivity contribution in [3.8, 4) is 5.75 Å². The first kappa shape index (κ1) is 13.4. The summed E-state index contributed by atoms with van der Waals surface area (Å²) in [6.07, 6.45) is -0.125. The molecule has 0 spiro atoms. The van der Waals surface area contributed by atoms with Crippen LogP contribution in [0.5, 0.6) is 5.75 Å². The summed E-state index contributed by atoms with van der Waals surface area (Å²) >= 11 is 5.91. The highest BCUT2D eigenvalue weighted by Crippen LogP contribution is 2.27. The SMILES string of the molecule is CC(Oc1ccc(Cl)cc1C(=N)N)c1ccccc1. The van der Waals surface area contributed by atoms with Gasteiger partial charge < -0.3 is 10.5 Å². The molecule has 0 aromatic heterocycles. The maximum atomic E-state index is 7.56. The highest BCUT2D eigenvalue weighted by Gasteiger charge is 2.12. The van der Waals surface area contributed by atoms with Crippen molar-refractivity contribution in [2.24, 2.45) is 5.73 Å². The number of ether oxygens (including phenoxy) is 1. The normalized spacial score (nSPS) is 11.9. The molecule has 0 fully saturated rings. The Morgan fingerprint density at radius 1 is 1.21 bits per heavy atom. The Kier molecular flexibility index (Phi) is 4.07. The molecule has 0 saturated heterocycles. The van der Waals surface area contributed by atoms with Crippen molar-refractivity contribution in [2.45, 2.75) is 13.0 Å². The van der Waals surface area contributed by atoms with Crippen LogP contribution in [-0.2, 0) is 0 Å². The van der Waals surface area contributed by atoms with Gasteiger partial charge in [0.2, 0.25) is 0 Å². The van der Waals surface area contributed by atoms with Crippen LogP contribution < -0.4 is 10.5 Å². The van der Waals surface area contributed by atoms with Gasteiger partial charge >= 0.3 is 0 Å². The minimum atomic E-state index is -0.125. The zero-order valence-electron chi connectivity index (χ0n) is 10.6. The van der Waals surface area contributed by atoms with E-state index in [1.54, 1.807) is 18.2 Å². The lowest BCUT2D eigenvalue weighted by Gasteiger charge is -2.17. The maximum absolute atomic E-state index is 7.56. The summed E-state index contributed by atoms with van der Waals surface area (Å²) in [5.41, 5.74) is 7.11. The van der Waals surface area contributed by atoms with E-state index in [1.165, 1.54) is 0 Å². The molecule has 2 rings (SSSR count). The fourth-order valence-electron chi connectivity index (χ4n) is 1.80. The van der Waals surface area contributed by atoms with Crippen LogP contribution in [0.2, 0.25) is 5.02 Å². The van der Waals surface area contributed by atoms with Gasteiger partial charge in [-0.15, -0.1) is 0 Å². The average molecular weight is 275 g/mol. The Hall–Kier alpha value is -2.00. The summed E-state index contributed by atoms with van der Waals surface area (Å²) in [6.45, 7) is 1.95. The molecule has 3 nitrogen and oxygen atoms in total. The third-order valence-electron chi connectivity index (χ3n) is 2.80. The summed E-state index contributed by atoms with van der Waals surface area (Å²) < 4.78 is 5.87. The number of halogens is 1. The van der Waals surface area contributed by atoms with E-state index >= 15 is 0 Å². The second kappa shape index (κ2) is 5.76. The van der Waals surface area contributed by atoms with Gasteiger partial charge in [0.15, 0.2) is 0 Å². The number of benzene rings is 2. The first-order valence-corrected chi connectivity index (χ1v) is 6.31. The molecule has 1 atom stereocenters. The van der Waals surface area contributed by atoms with Crippen molar-refractivity contribution in [1.29, 1.82) is 5.41 Å². The van der Waals surface area contributed by atoms with Crippen LogP contribution in [0.15, 0.2) is 48.5 Å². The third-order valence-corrected chi connectivity index (χ3v) is 3.04. The van der Waals surface area contributed by atoms with E-state index in [2.05, 4.69) is 0 Å². The van der Waals surface area contributed by atoms with Gasteiger partial charge in [0, 0.05) is 5.02 Å². The van der Waals surface area contributed by atoms with Crippen LogP contribution >= 0.6 is 11.6 Å². The number of hydrogen-bond donors (Lipinski definition) is 2. The molecule has 0 aliphatic heterocycles. The summed E-state index contributed by atoms with van der Waals surface area (Å²) in [7, 11) is 0. The zero-order valence-corrected chi connectivity index (χ0v) is 11.3. The first-order valence-electron chi connectivity index (χ1n) is 5.93. The molecule has 0 saturated carbocycles. The highest BCUT2D eigenvalue weighted by molar-refractivity contribution is 6.31. The predicted molar refractivity (Wildman–Crippen MR) is 78.0 cm³/mol. The highest BCUT2D eigenvalue weighted by atomic mass is 35.5. The minimum absolute atomic E-state index is 0.0576. The van der Waals surface area contributed by atoms with Crippen LogP contribution in [0.3, 0.4) is 0 Å². The Morgan fingerprint density at radius 2 is 1.89 bits per heavy atom. The summed E-state index contributed by atoms with van der Waals surface area (Å²) in [5.74, 6) is 0.506. The van der Waals surface area contributed by atoms with Gasteiger partial charge in [0.05, 0.1) is 5.56 Å². The fraction of sp³-hybridized carbons (Fsp3) is 0.133. The van der Waals surface area contributed by atoms with Crippen molar-refractivity contribution in [3.05, 3.63) is 64.7 Å². The smallest absolute Gasteiger partial charge is 0.131 e. The van der Waals surface area contributed by atoms with E-state index in [1.807, 2.05) is 37.3 Å². The largest absolute Gasteiger partial charge is 0.485 e. The van der Waals surface area contributed by atoms with Gasteiger partial charge in [-0.2, -0.15) is 0 Å². The molecule has 0 bridgehead atoms. The van der Waals surface area contributed by atoms with Gasteiger partial charge in [-0.3, -0.25) is 5.41 Å². The Bertz CT molecular complexity index is 584. The van der Waals surface area contributed by atoms with Gasteiger partial charge in [0.1, 0.15) is 17.7 Å². The van der Waals surface area contributed by atoms with Crippen molar-refractivity contribution in [2.75, 3.05) is 0 Å².